The van der Waals surface area contributed by atoms with Crippen molar-refractivity contribution in [3.05, 3.63) is 0 Å². The smallest absolute Gasteiger partial charge is 0.327 e. The fourth-order valence-electron chi connectivity index (χ4n) is 1.87. The number of hydrogen-bond acceptors (Lipinski definition) is 4. The molecule has 0 amide bonds. The van der Waals surface area contributed by atoms with Crippen LogP contribution in [0, 0.1) is 0 Å². The summed E-state index contributed by atoms with van der Waals surface area (Å²) in [6.07, 6.45) is 3.56. The average Bonchev–Trinajstić information content (AvgIpc) is 2.28. The molecule has 0 aromatic rings. The quantitative estimate of drug-likeness (QED) is 0.508. The van der Waals surface area contributed by atoms with E-state index in [1.165, 1.54) is 12.8 Å². The van der Waals surface area contributed by atoms with E-state index in [2.05, 4.69) is 25.7 Å². The van der Waals surface area contributed by atoms with E-state index >= 15 is 0 Å². The molecule has 0 spiro atoms. The molecule has 0 fully saturated rings. The molecule has 0 rings (SSSR count). The molecule has 18 heavy (non-hydrogen) atoms. The number of esters is 1. The number of hydrogen-bond donors (Lipinski definition) is 1. The van der Waals surface area contributed by atoms with Gasteiger partial charge in [0.1, 0.15) is 5.54 Å². The van der Waals surface area contributed by atoms with Gasteiger partial charge >= 0.3 is 5.97 Å². The summed E-state index contributed by atoms with van der Waals surface area (Å²) in [5.41, 5.74) is 5.15. The third-order valence-electron chi connectivity index (χ3n) is 3.05. The molecule has 0 aromatic carbocycles. The van der Waals surface area contributed by atoms with Gasteiger partial charge in [-0.05, 0) is 40.7 Å². The molecular formula is C14H30N2O2. The number of unbranched alkanes of at least 4 members (excludes halogenated alkanes) is 2. The molecular weight excluding hydrogens is 228 g/mol. The molecule has 0 aliphatic rings. The Morgan fingerprint density at radius 1 is 1.33 bits per heavy atom. The standard InChI is InChI=1S/C14H30N2O2/c1-6-8-9-10-16(12(3)4)11-14(5,15)13(17)18-7-2/h12H,6-11,15H2,1-5H3. The molecule has 0 aliphatic heterocycles. The Labute approximate surface area is 112 Å². The second-order valence-electron chi connectivity index (χ2n) is 5.41. The highest BCUT2D eigenvalue weighted by Gasteiger charge is 2.32. The first kappa shape index (κ1) is 17.4. The second kappa shape index (κ2) is 8.48. The fourth-order valence-corrected chi connectivity index (χ4v) is 1.87. The van der Waals surface area contributed by atoms with E-state index in [1.807, 2.05) is 0 Å². The third-order valence-corrected chi connectivity index (χ3v) is 3.05. The van der Waals surface area contributed by atoms with Crippen LogP contribution < -0.4 is 5.73 Å². The van der Waals surface area contributed by atoms with Crippen LogP contribution >= 0.6 is 0 Å². The van der Waals surface area contributed by atoms with Crippen molar-refractivity contribution in [1.82, 2.24) is 4.90 Å². The Morgan fingerprint density at radius 3 is 2.39 bits per heavy atom. The summed E-state index contributed by atoms with van der Waals surface area (Å²) in [7, 11) is 0. The van der Waals surface area contributed by atoms with E-state index in [-0.39, 0.29) is 5.97 Å². The number of nitrogens with zero attached hydrogens (tertiary/aromatic N) is 1. The van der Waals surface area contributed by atoms with Gasteiger partial charge in [0.05, 0.1) is 6.61 Å². The predicted octanol–water partition coefficient (Wildman–Crippen LogP) is 2.17. The van der Waals surface area contributed by atoms with Crippen molar-refractivity contribution in [3.63, 3.8) is 0 Å². The van der Waals surface area contributed by atoms with E-state index in [0.29, 0.717) is 19.2 Å². The molecule has 108 valence electrons. The topological polar surface area (TPSA) is 55.6 Å². The minimum absolute atomic E-state index is 0.314. The normalized spacial score (nSPS) is 14.9. The molecule has 4 heteroatoms. The highest BCUT2D eigenvalue weighted by atomic mass is 16.5. The first-order chi connectivity index (χ1) is 8.35. The fraction of sp³-hybridized carbons (Fsp3) is 0.929. The largest absolute Gasteiger partial charge is 0.465 e. The Balaban J connectivity index is 4.41. The maximum atomic E-state index is 11.8. The lowest BCUT2D eigenvalue weighted by molar-refractivity contribution is -0.149. The van der Waals surface area contributed by atoms with Crippen molar-refractivity contribution in [2.45, 2.75) is 65.5 Å². The van der Waals surface area contributed by atoms with Gasteiger partial charge in [-0.15, -0.1) is 0 Å². The number of rotatable bonds is 9. The Kier molecular flexibility index (Phi) is 8.20. The zero-order valence-electron chi connectivity index (χ0n) is 12.7. The molecule has 2 N–H and O–H groups in total. The zero-order chi connectivity index (χ0) is 14.2. The van der Waals surface area contributed by atoms with Crippen molar-refractivity contribution < 1.29 is 9.53 Å². The predicted molar refractivity (Wildman–Crippen MR) is 75.5 cm³/mol. The van der Waals surface area contributed by atoms with E-state index < -0.39 is 5.54 Å². The van der Waals surface area contributed by atoms with E-state index in [0.717, 1.165) is 13.0 Å². The summed E-state index contributed by atoms with van der Waals surface area (Å²) in [6.45, 7) is 11.9. The molecule has 1 atom stereocenters. The molecule has 0 aliphatic carbocycles. The summed E-state index contributed by atoms with van der Waals surface area (Å²) >= 11 is 0. The first-order valence-corrected chi connectivity index (χ1v) is 7.05. The zero-order valence-corrected chi connectivity index (χ0v) is 12.7. The van der Waals surface area contributed by atoms with Crippen LogP contribution in [-0.2, 0) is 9.53 Å². The van der Waals surface area contributed by atoms with E-state index in [9.17, 15) is 4.79 Å². The van der Waals surface area contributed by atoms with Crippen LogP contribution in [0.4, 0.5) is 0 Å². The van der Waals surface area contributed by atoms with Crippen LogP contribution in [0.2, 0.25) is 0 Å². The van der Waals surface area contributed by atoms with Crippen molar-refractivity contribution in [2.24, 2.45) is 5.73 Å². The number of nitrogens with two attached hydrogens (primary N) is 1. The maximum Gasteiger partial charge on any atom is 0.327 e. The Morgan fingerprint density at radius 2 is 1.94 bits per heavy atom. The monoisotopic (exact) mass is 258 g/mol. The van der Waals surface area contributed by atoms with Gasteiger partial charge in [-0.1, -0.05) is 19.8 Å². The van der Waals surface area contributed by atoms with Gasteiger partial charge in [-0.2, -0.15) is 0 Å². The van der Waals surface area contributed by atoms with Gasteiger partial charge in [0.2, 0.25) is 0 Å². The molecule has 1 unspecified atom stereocenters. The maximum absolute atomic E-state index is 11.8. The van der Waals surface area contributed by atoms with Crippen molar-refractivity contribution in [1.29, 1.82) is 0 Å². The van der Waals surface area contributed by atoms with E-state index in [4.69, 9.17) is 10.5 Å². The van der Waals surface area contributed by atoms with Crippen LogP contribution in [0.1, 0.15) is 53.9 Å². The van der Waals surface area contributed by atoms with Crippen LogP contribution in [0.25, 0.3) is 0 Å². The van der Waals surface area contributed by atoms with Gasteiger partial charge in [-0.25, -0.2) is 0 Å². The molecule has 0 aromatic heterocycles. The van der Waals surface area contributed by atoms with Gasteiger partial charge in [-0.3, -0.25) is 9.69 Å². The van der Waals surface area contributed by atoms with Crippen molar-refractivity contribution in [2.75, 3.05) is 19.7 Å². The summed E-state index contributed by atoms with van der Waals surface area (Å²) in [5, 5.41) is 0. The SMILES string of the molecule is CCCCCN(CC(C)(N)C(=O)OCC)C(C)C. The lowest BCUT2D eigenvalue weighted by Gasteiger charge is -2.33. The highest BCUT2D eigenvalue weighted by molar-refractivity contribution is 5.80. The van der Waals surface area contributed by atoms with Crippen LogP contribution in [0.15, 0.2) is 0 Å². The van der Waals surface area contributed by atoms with Crippen LogP contribution in [0.5, 0.6) is 0 Å². The summed E-state index contributed by atoms with van der Waals surface area (Å²) in [6, 6.07) is 0.388. The third kappa shape index (κ3) is 6.36. The van der Waals surface area contributed by atoms with Gasteiger partial charge in [0, 0.05) is 12.6 Å². The van der Waals surface area contributed by atoms with Crippen LogP contribution in [-0.4, -0.2) is 42.1 Å². The Bertz CT molecular complexity index is 240. The number of carbonyl (C=O) groups excluding carboxylic acids is 1. The minimum Gasteiger partial charge on any atom is -0.465 e. The molecule has 0 saturated heterocycles. The van der Waals surface area contributed by atoms with E-state index in [1.54, 1.807) is 13.8 Å². The highest BCUT2D eigenvalue weighted by Crippen LogP contribution is 2.11. The van der Waals surface area contributed by atoms with Crippen molar-refractivity contribution >= 4 is 5.97 Å². The number of ether oxygens (including phenoxy) is 1. The number of carbonyl (C=O) groups is 1. The lowest BCUT2D eigenvalue weighted by Crippen LogP contribution is -2.56. The van der Waals surface area contributed by atoms with Gasteiger partial charge < -0.3 is 10.5 Å². The summed E-state index contributed by atoms with van der Waals surface area (Å²) < 4.78 is 5.02. The molecule has 0 saturated carbocycles. The molecule has 0 bridgehead atoms. The molecule has 0 heterocycles. The summed E-state index contributed by atoms with van der Waals surface area (Å²) in [4.78, 5) is 14.0. The van der Waals surface area contributed by atoms with Gasteiger partial charge in [0.25, 0.3) is 0 Å². The van der Waals surface area contributed by atoms with Crippen molar-refractivity contribution in [3.8, 4) is 0 Å². The Hall–Kier alpha value is -0.610. The molecule has 0 radical (unpaired) electrons. The van der Waals surface area contributed by atoms with Crippen LogP contribution in [0.3, 0.4) is 0 Å². The molecule has 4 nitrogen and oxygen atoms in total. The summed E-state index contributed by atoms with van der Waals surface area (Å²) in [5.74, 6) is -0.314. The minimum atomic E-state index is -0.924. The second-order valence-corrected chi connectivity index (χ2v) is 5.41. The van der Waals surface area contributed by atoms with Gasteiger partial charge in [0.15, 0.2) is 0 Å². The first-order valence-electron chi connectivity index (χ1n) is 7.05. The lowest BCUT2D eigenvalue weighted by atomic mass is 10.0. The average molecular weight is 258 g/mol.